The Morgan fingerprint density at radius 2 is 2.36 bits per heavy atom. The summed E-state index contributed by atoms with van der Waals surface area (Å²) < 4.78 is 5.23. The summed E-state index contributed by atoms with van der Waals surface area (Å²) in [5.74, 6) is 1.13. The molecule has 0 fully saturated rings. The molecule has 1 aliphatic rings. The fraction of sp³-hybridized carbons (Fsp3) is 0.125. The van der Waals surface area contributed by atoms with Crippen LogP contribution in [-0.2, 0) is 0 Å². The predicted octanol–water partition coefficient (Wildman–Crippen LogP) is 1.07. The molecule has 0 saturated heterocycles. The molecule has 11 heavy (non-hydrogen) atoms. The van der Waals surface area contributed by atoms with Crippen LogP contribution >= 0.6 is 0 Å². The molecule has 1 aromatic rings. The monoisotopic (exact) mass is 148 g/mol. The Kier molecular flexibility index (Phi) is 1.28. The Morgan fingerprint density at radius 3 is 3.27 bits per heavy atom. The zero-order valence-electron chi connectivity index (χ0n) is 5.95. The molecule has 0 spiro atoms. The second-order valence-corrected chi connectivity index (χ2v) is 2.34. The molecule has 1 aliphatic heterocycles. The minimum Gasteiger partial charge on any atom is -0.473 e. The molecule has 0 atom stereocenters. The summed E-state index contributed by atoms with van der Waals surface area (Å²) in [6.07, 6.45) is 3.92. The van der Waals surface area contributed by atoms with Crippen LogP contribution in [0.3, 0.4) is 0 Å². The van der Waals surface area contributed by atoms with E-state index in [9.17, 15) is 0 Å². The normalized spacial score (nSPS) is 13.8. The van der Waals surface area contributed by atoms with Crippen LogP contribution in [0.4, 0.5) is 5.82 Å². The Bertz CT molecular complexity index is 307. The maximum atomic E-state index is 5.47. The molecule has 56 valence electrons. The molecule has 3 nitrogen and oxygen atoms in total. The maximum absolute atomic E-state index is 5.47. The number of nitrogen functional groups attached to an aromatic ring is 1. The van der Waals surface area contributed by atoms with Crippen molar-refractivity contribution < 1.29 is 4.74 Å². The summed E-state index contributed by atoms with van der Waals surface area (Å²) >= 11 is 0. The van der Waals surface area contributed by atoms with Crippen molar-refractivity contribution in [2.24, 2.45) is 0 Å². The molecule has 0 bridgehead atoms. The second kappa shape index (κ2) is 2.27. The van der Waals surface area contributed by atoms with E-state index in [2.05, 4.69) is 4.98 Å². The third-order valence-corrected chi connectivity index (χ3v) is 1.52. The molecule has 2 heterocycles. The highest BCUT2D eigenvalue weighted by Gasteiger charge is 2.05. The number of aromatic nitrogens is 1. The van der Waals surface area contributed by atoms with Gasteiger partial charge >= 0.3 is 0 Å². The largest absolute Gasteiger partial charge is 0.473 e. The highest BCUT2D eigenvalue weighted by molar-refractivity contribution is 5.58. The van der Waals surface area contributed by atoms with Crippen LogP contribution < -0.4 is 10.5 Å². The third kappa shape index (κ3) is 1.05. The number of anilines is 1. The number of nitrogens with zero attached hydrogens (tertiary/aromatic N) is 1. The van der Waals surface area contributed by atoms with E-state index >= 15 is 0 Å². The molecule has 2 N–H and O–H groups in total. The second-order valence-electron chi connectivity index (χ2n) is 2.34. The molecule has 3 heteroatoms. The SMILES string of the molecule is Nc1ccc2c(n1)OCC=C2. The first-order valence-corrected chi connectivity index (χ1v) is 3.42. The van der Waals surface area contributed by atoms with Gasteiger partial charge in [-0.05, 0) is 18.2 Å². The van der Waals surface area contributed by atoms with Gasteiger partial charge in [-0.1, -0.05) is 6.08 Å². The molecule has 2 rings (SSSR count). The van der Waals surface area contributed by atoms with Gasteiger partial charge in [0, 0.05) is 5.56 Å². The first-order valence-electron chi connectivity index (χ1n) is 3.42. The van der Waals surface area contributed by atoms with E-state index < -0.39 is 0 Å². The van der Waals surface area contributed by atoms with Gasteiger partial charge in [0.05, 0.1) is 0 Å². The van der Waals surface area contributed by atoms with Crippen LogP contribution in [0, 0.1) is 0 Å². The van der Waals surface area contributed by atoms with Gasteiger partial charge in [0.1, 0.15) is 12.4 Å². The Hall–Kier alpha value is -1.51. The number of ether oxygens (including phenoxy) is 1. The first kappa shape index (κ1) is 6.22. The van der Waals surface area contributed by atoms with Crippen molar-refractivity contribution in [1.82, 2.24) is 4.98 Å². The average Bonchev–Trinajstić information content (AvgIpc) is 2.04. The van der Waals surface area contributed by atoms with E-state index in [1.165, 1.54) is 0 Å². The van der Waals surface area contributed by atoms with Crippen molar-refractivity contribution in [2.45, 2.75) is 0 Å². The minimum atomic E-state index is 0.499. The standard InChI is InChI=1S/C8H8N2O/c9-7-4-3-6-2-1-5-11-8(6)10-7/h1-4H,5H2,(H2,9,10). The zero-order valence-corrected chi connectivity index (χ0v) is 5.95. The molecule has 0 saturated carbocycles. The van der Waals surface area contributed by atoms with Gasteiger partial charge in [-0.25, -0.2) is 0 Å². The van der Waals surface area contributed by atoms with E-state index in [-0.39, 0.29) is 0 Å². The van der Waals surface area contributed by atoms with Gasteiger partial charge in [0.15, 0.2) is 0 Å². The summed E-state index contributed by atoms with van der Waals surface area (Å²) in [6.45, 7) is 0.587. The fourth-order valence-corrected chi connectivity index (χ4v) is 1.01. The molecule has 0 aromatic carbocycles. The van der Waals surface area contributed by atoms with Crippen molar-refractivity contribution in [1.29, 1.82) is 0 Å². The first-order chi connectivity index (χ1) is 5.36. The van der Waals surface area contributed by atoms with Crippen molar-refractivity contribution >= 4 is 11.9 Å². The van der Waals surface area contributed by atoms with Crippen molar-refractivity contribution in [3.8, 4) is 5.88 Å². The molecular formula is C8H8N2O. The summed E-state index contributed by atoms with van der Waals surface area (Å²) in [5.41, 5.74) is 6.46. The quantitative estimate of drug-likeness (QED) is 0.598. The molecule has 1 aromatic heterocycles. The lowest BCUT2D eigenvalue weighted by atomic mass is 10.2. The van der Waals surface area contributed by atoms with Crippen molar-refractivity contribution in [3.63, 3.8) is 0 Å². The van der Waals surface area contributed by atoms with Crippen molar-refractivity contribution in [3.05, 3.63) is 23.8 Å². The molecule has 0 amide bonds. The molecule has 0 unspecified atom stereocenters. The van der Waals surface area contributed by atoms with Crippen molar-refractivity contribution in [2.75, 3.05) is 12.3 Å². The van der Waals surface area contributed by atoms with Gasteiger partial charge in [0.2, 0.25) is 5.88 Å². The third-order valence-electron chi connectivity index (χ3n) is 1.52. The van der Waals surface area contributed by atoms with Gasteiger partial charge in [0.25, 0.3) is 0 Å². The van der Waals surface area contributed by atoms with E-state index in [0.29, 0.717) is 18.3 Å². The Balaban J connectivity index is 2.53. The van der Waals surface area contributed by atoms with E-state index in [1.807, 2.05) is 18.2 Å². The average molecular weight is 148 g/mol. The molecular weight excluding hydrogens is 140 g/mol. The van der Waals surface area contributed by atoms with Crippen LogP contribution in [0.1, 0.15) is 5.56 Å². The predicted molar refractivity (Wildman–Crippen MR) is 43.2 cm³/mol. The topological polar surface area (TPSA) is 48.1 Å². The summed E-state index contributed by atoms with van der Waals surface area (Å²) in [5, 5.41) is 0. The lowest BCUT2D eigenvalue weighted by molar-refractivity contribution is 0.344. The lowest BCUT2D eigenvalue weighted by Crippen LogP contribution is -2.03. The van der Waals surface area contributed by atoms with Crippen LogP contribution in [-0.4, -0.2) is 11.6 Å². The lowest BCUT2D eigenvalue weighted by Gasteiger charge is -2.10. The zero-order chi connectivity index (χ0) is 7.68. The van der Waals surface area contributed by atoms with Crippen LogP contribution in [0.2, 0.25) is 0 Å². The Morgan fingerprint density at radius 1 is 1.45 bits per heavy atom. The van der Waals surface area contributed by atoms with Gasteiger partial charge in [-0.2, -0.15) is 4.98 Å². The smallest absolute Gasteiger partial charge is 0.223 e. The minimum absolute atomic E-state index is 0.499. The van der Waals surface area contributed by atoms with Crippen LogP contribution in [0.5, 0.6) is 5.88 Å². The van der Waals surface area contributed by atoms with E-state index in [0.717, 1.165) is 5.56 Å². The molecule has 0 radical (unpaired) electrons. The number of hydrogen-bond donors (Lipinski definition) is 1. The number of fused-ring (bicyclic) bond motifs is 1. The summed E-state index contributed by atoms with van der Waals surface area (Å²) in [7, 11) is 0. The maximum Gasteiger partial charge on any atom is 0.223 e. The summed E-state index contributed by atoms with van der Waals surface area (Å²) in [6, 6.07) is 3.66. The van der Waals surface area contributed by atoms with E-state index in [4.69, 9.17) is 10.5 Å². The van der Waals surface area contributed by atoms with Gasteiger partial charge in [-0.3, -0.25) is 0 Å². The number of pyridine rings is 1. The number of nitrogens with two attached hydrogens (primary N) is 1. The van der Waals surface area contributed by atoms with Gasteiger partial charge in [-0.15, -0.1) is 0 Å². The highest BCUT2D eigenvalue weighted by atomic mass is 16.5. The number of rotatable bonds is 0. The highest BCUT2D eigenvalue weighted by Crippen LogP contribution is 2.21. The van der Waals surface area contributed by atoms with Gasteiger partial charge < -0.3 is 10.5 Å². The fourth-order valence-electron chi connectivity index (χ4n) is 1.01. The van der Waals surface area contributed by atoms with Crippen LogP contribution in [0.25, 0.3) is 6.08 Å². The summed E-state index contributed by atoms with van der Waals surface area (Å²) in [4.78, 5) is 4.02. The van der Waals surface area contributed by atoms with E-state index in [1.54, 1.807) is 6.07 Å². The number of hydrogen-bond acceptors (Lipinski definition) is 3. The molecule has 0 aliphatic carbocycles. The Labute approximate surface area is 64.5 Å². The van der Waals surface area contributed by atoms with Crippen LogP contribution in [0.15, 0.2) is 18.2 Å².